The number of nitrogens with zero attached hydrogens (tertiary/aromatic N) is 2. The van der Waals surface area contributed by atoms with Crippen LogP contribution >= 0.6 is 11.3 Å². The molecule has 0 saturated heterocycles. The van der Waals surface area contributed by atoms with E-state index in [0.29, 0.717) is 0 Å². The van der Waals surface area contributed by atoms with Crippen LogP contribution in [-0.4, -0.2) is 15.0 Å². The second-order valence-electron chi connectivity index (χ2n) is 3.47. The molecular weight excluding hydrogens is 232 g/mol. The first kappa shape index (κ1) is 10.0. The molecule has 0 aliphatic carbocycles. The van der Waals surface area contributed by atoms with Crippen LogP contribution in [0.2, 0.25) is 0 Å². The number of H-pyrrole nitrogens is 1. The van der Waals surface area contributed by atoms with E-state index < -0.39 is 0 Å². The van der Waals surface area contributed by atoms with Crippen LogP contribution in [-0.2, 0) is 0 Å². The van der Waals surface area contributed by atoms with Gasteiger partial charge in [0.25, 0.3) is 0 Å². The molecule has 3 aromatic rings. The van der Waals surface area contributed by atoms with E-state index in [1.54, 1.807) is 12.4 Å². The molecular formula is C12H9N4S. The molecule has 0 amide bonds. The van der Waals surface area contributed by atoms with Crippen molar-refractivity contribution in [1.82, 2.24) is 15.0 Å². The Morgan fingerprint density at radius 2 is 2.35 bits per heavy atom. The Morgan fingerprint density at radius 1 is 1.35 bits per heavy atom. The standard InChI is InChI=1S/C12H9N4S/c1-2-9(11-7-17-8-15-11)6-10(3-1)16-12-13-4-5-14-12/h1-7H,(H2,13,14,16). The maximum absolute atomic E-state index is 4.17. The number of hydrogen-bond acceptors (Lipinski definition) is 4. The number of aromatic nitrogens is 3. The minimum absolute atomic E-state index is 0.729. The highest BCUT2D eigenvalue weighted by atomic mass is 32.1. The second-order valence-corrected chi connectivity index (χ2v) is 4.12. The highest BCUT2D eigenvalue weighted by molar-refractivity contribution is 7.07. The number of nitrogens with one attached hydrogen (secondary N) is 2. The number of anilines is 2. The van der Waals surface area contributed by atoms with E-state index in [4.69, 9.17) is 0 Å². The smallest absolute Gasteiger partial charge is 0.204 e. The molecule has 0 unspecified atom stereocenters. The highest BCUT2D eigenvalue weighted by Crippen LogP contribution is 2.23. The van der Waals surface area contributed by atoms with Gasteiger partial charge in [0.05, 0.1) is 5.69 Å². The second kappa shape index (κ2) is 4.39. The van der Waals surface area contributed by atoms with E-state index in [1.165, 1.54) is 11.3 Å². The van der Waals surface area contributed by atoms with Crippen LogP contribution in [0.15, 0.2) is 42.0 Å². The van der Waals surface area contributed by atoms with Crippen LogP contribution in [0.5, 0.6) is 0 Å². The normalized spacial score (nSPS) is 10.4. The van der Waals surface area contributed by atoms with E-state index in [1.807, 2.05) is 29.6 Å². The first-order valence-corrected chi connectivity index (χ1v) is 5.98. The molecule has 1 aromatic carbocycles. The molecule has 0 aliphatic rings. The zero-order valence-corrected chi connectivity index (χ0v) is 9.66. The van der Waals surface area contributed by atoms with Crippen molar-refractivity contribution in [3.8, 4) is 11.3 Å². The van der Waals surface area contributed by atoms with Gasteiger partial charge in [-0.05, 0) is 12.1 Å². The summed E-state index contributed by atoms with van der Waals surface area (Å²) in [5.41, 5.74) is 5.83. The lowest BCUT2D eigenvalue weighted by Crippen LogP contribution is -1.92. The van der Waals surface area contributed by atoms with Crippen LogP contribution in [0.25, 0.3) is 11.3 Å². The average Bonchev–Trinajstić information content (AvgIpc) is 3.01. The van der Waals surface area contributed by atoms with E-state index in [0.717, 1.165) is 22.9 Å². The predicted molar refractivity (Wildman–Crippen MR) is 68.3 cm³/mol. The van der Waals surface area contributed by atoms with Gasteiger partial charge in [-0.15, -0.1) is 11.3 Å². The van der Waals surface area contributed by atoms with Crippen molar-refractivity contribution in [2.24, 2.45) is 0 Å². The van der Waals surface area contributed by atoms with E-state index in [9.17, 15) is 0 Å². The Hall–Kier alpha value is -2.14. The lowest BCUT2D eigenvalue weighted by Gasteiger charge is -2.04. The summed E-state index contributed by atoms with van der Waals surface area (Å²) in [6, 6.07) is 8.03. The van der Waals surface area contributed by atoms with Crippen molar-refractivity contribution in [3.63, 3.8) is 0 Å². The summed E-state index contributed by atoms with van der Waals surface area (Å²) in [4.78, 5) is 11.3. The summed E-state index contributed by atoms with van der Waals surface area (Å²) in [7, 11) is 0. The average molecular weight is 241 g/mol. The number of imidazole rings is 1. The van der Waals surface area contributed by atoms with Gasteiger partial charge in [0, 0.05) is 29.0 Å². The third kappa shape index (κ3) is 2.19. The van der Waals surface area contributed by atoms with Crippen molar-refractivity contribution >= 4 is 23.0 Å². The Bertz CT molecular complexity index is 587. The van der Waals surface area contributed by atoms with Gasteiger partial charge in [-0.2, -0.15) is 0 Å². The summed E-state index contributed by atoms with van der Waals surface area (Å²) in [6.45, 7) is 0. The van der Waals surface area contributed by atoms with Gasteiger partial charge in [-0.3, -0.25) is 0 Å². The minimum Gasteiger partial charge on any atom is -0.331 e. The molecule has 0 bridgehead atoms. The molecule has 1 radical (unpaired) electrons. The first-order chi connectivity index (χ1) is 8.42. The lowest BCUT2D eigenvalue weighted by molar-refractivity contribution is 1.29. The predicted octanol–water partition coefficient (Wildman–Crippen LogP) is 3.08. The largest absolute Gasteiger partial charge is 0.331 e. The van der Waals surface area contributed by atoms with Crippen LogP contribution < -0.4 is 5.32 Å². The van der Waals surface area contributed by atoms with Gasteiger partial charge >= 0.3 is 0 Å². The maximum Gasteiger partial charge on any atom is 0.204 e. The van der Waals surface area contributed by atoms with Gasteiger partial charge in [-0.1, -0.05) is 12.1 Å². The van der Waals surface area contributed by atoms with Crippen molar-refractivity contribution in [3.05, 3.63) is 47.5 Å². The van der Waals surface area contributed by atoms with E-state index >= 15 is 0 Å². The third-order valence-electron chi connectivity index (χ3n) is 2.31. The van der Waals surface area contributed by atoms with Crippen LogP contribution in [0, 0.1) is 5.51 Å². The fraction of sp³-hybridized carbons (Fsp3) is 0. The van der Waals surface area contributed by atoms with Gasteiger partial charge < -0.3 is 10.3 Å². The molecule has 2 heterocycles. The van der Waals surface area contributed by atoms with E-state index in [2.05, 4.69) is 25.8 Å². The van der Waals surface area contributed by atoms with E-state index in [-0.39, 0.29) is 0 Å². The Kier molecular flexibility index (Phi) is 2.59. The molecule has 0 spiro atoms. The fourth-order valence-corrected chi connectivity index (χ4v) is 2.05. The molecule has 2 N–H and O–H groups in total. The fourth-order valence-electron chi connectivity index (χ4n) is 1.54. The zero-order valence-electron chi connectivity index (χ0n) is 8.84. The summed E-state index contributed by atoms with van der Waals surface area (Å²) in [5, 5.41) is 5.16. The van der Waals surface area contributed by atoms with Gasteiger partial charge in [-0.25, -0.2) is 9.97 Å². The number of hydrogen-bond donors (Lipinski definition) is 2. The number of benzene rings is 1. The summed E-state index contributed by atoms with van der Waals surface area (Å²) >= 11 is 1.47. The van der Waals surface area contributed by atoms with Crippen molar-refractivity contribution in [2.45, 2.75) is 0 Å². The van der Waals surface area contributed by atoms with Crippen molar-refractivity contribution in [1.29, 1.82) is 0 Å². The number of thiazole rings is 1. The number of aromatic amines is 1. The lowest BCUT2D eigenvalue weighted by atomic mass is 10.1. The van der Waals surface area contributed by atoms with Crippen molar-refractivity contribution in [2.75, 3.05) is 5.32 Å². The molecule has 2 aromatic heterocycles. The quantitative estimate of drug-likeness (QED) is 0.741. The number of rotatable bonds is 3. The molecule has 4 nitrogen and oxygen atoms in total. The zero-order chi connectivity index (χ0) is 11.5. The monoisotopic (exact) mass is 241 g/mol. The first-order valence-electron chi connectivity index (χ1n) is 5.10. The van der Waals surface area contributed by atoms with Gasteiger partial charge in [0.1, 0.15) is 0 Å². The summed E-state index contributed by atoms with van der Waals surface area (Å²) < 4.78 is 0. The third-order valence-corrected chi connectivity index (χ3v) is 2.85. The molecule has 17 heavy (non-hydrogen) atoms. The molecule has 5 heteroatoms. The highest BCUT2D eigenvalue weighted by Gasteiger charge is 2.02. The molecule has 83 valence electrons. The molecule has 0 saturated carbocycles. The van der Waals surface area contributed by atoms with Crippen LogP contribution in [0.3, 0.4) is 0 Å². The Labute approximate surface area is 102 Å². The van der Waals surface area contributed by atoms with Gasteiger partial charge in [0.2, 0.25) is 5.95 Å². The van der Waals surface area contributed by atoms with Gasteiger partial charge in [0.15, 0.2) is 5.51 Å². The molecule has 3 rings (SSSR count). The Morgan fingerprint density at radius 3 is 3.12 bits per heavy atom. The topological polar surface area (TPSA) is 53.6 Å². The molecule has 0 fully saturated rings. The minimum atomic E-state index is 0.729. The summed E-state index contributed by atoms with van der Waals surface area (Å²) in [5.74, 6) is 0.729. The van der Waals surface area contributed by atoms with Crippen LogP contribution in [0.4, 0.5) is 11.6 Å². The maximum atomic E-state index is 4.17. The van der Waals surface area contributed by atoms with Crippen molar-refractivity contribution < 1.29 is 0 Å². The summed E-state index contributed by atoms with van der Waals surface area (Å²) in [6.07, 6.45) is 3.49. The molecule has 0 aliphatic heterocycles. The Balaban J connectivity index is 1.89. The molecule has 0 atom stereocenters. The van der Waals surface area contributed by atoms with Crippen LogP contribution in [0.1, 0.15) is 0 Å². The SMILES string of the molecule is [c]1nc(-c2cccc(Nc3ncc[nH]3)c2)cs1.